The Bertz CT molecular complexity index is 533. The van der Waals surface area contributed by atoms with Gasteiger partial charge in [0.1, 0.15) is 0 Å². The Morgan fingerprint density at radius 1 is 1.24 bits per heavy atom. The van der Waals surface area contributed by atoms with E-state index in [0.29, 0.717) is 17.4 Å². The van der Waals surface area contributed by atoms with E-state index in [4.69, 9.17) is 0 Å². The van der Waals surface area contributed by atoms with E-state index in [1.165, 1.54) is 50.8 Å². The minimum Gasteiger partial charge on any atom is -0.353 e. The molecule has 1 aliphatic heterocycles. The summed E-state index contributed by atoms with van der Waals surface area (Å²) in [4.78, 5) is 7.02. The monoisotopic (exact) mass is 283 g/mol. The SMILES string of the molecule is CN=C(NC1CC1c1ccccc1)N1CCC2(CCC2)C1. The van der Waals surface area contributed by atoms with Crippen LogP contribution in [0.3, 0.4) is 0 Å². The standard InChI is InChI=1S/C18H25N3/c1-19-17(21-11-10-18(13-21)8-5-9-18)20-16-12-15(16)14-6-3-2-4-7-14/h2-4,6-7,15-16H,5,8-13H2,1H3,(H,19,20). The lowest BCUT2D eigenvalue weighted by Gasteiger charge is -2.38. The highest BCUT2D eigenvalue weighted by molar-refractivity contribution is 5.81. The number of hydrogen-bond donors (Lipinski definition) is 1. The molecular formula is C18H25N3. The number of guanidine groups is 1. The fourth-order valence-electron chi connectivity index (χ4n) is 4.09. The van der Waals surface area contributed by atoms with Crippen LogP contribution in [0.1, 0.15) is 43.6 Å². The van der Waals surface area contributed by atoms with Gasteiger partial charge in [0, 0.05) is 32.1 Å². The lowest BCUT2D eigenvalue weighted by atomic mass is 9.68. The fourth-order valence-corrected chi connectivity index (χ4v) is 4.09. The van der Waals surface area contributed by atoms with E-state index in [9.17, 15) is 0 Å². The molecule has 2 atom stereocenters. The van der Waals surface area contributed by atoms with Crippen LogP contribution in [0.15, 0.2) is 35.3 Å². The second-order valence-electron chi connectivity index (χ2n) is 7.08. The summed E-state index contributed by atoms with van der Waals surface area (Å²) in [5.74, 6) is 1.80. The predicted molar refractivity (Wildman–Crippen MR) is 86.6 cm³/mol. The molecule has 2 unspecified atom stereocenters. The Kier molecular flexibility index (Phi) is 3.16. The van der Waals surface area contributed by atoms with Crippen molar-refractivity contribution in [2.45, 2.75) is 44.1 Å². The van der Waals surface area contributed by atoms with Crippen LogP contribution in [0.25, 0.3) is 0 Å². The Morgan fingerprint density at radius 3 is 2.67 bits per heavy atom. The molecule has 1 heterocycles. The van der Waals surface area contributed by atoms with Crippen molar-refractivity contribution in [2.75, 3.05) is 20.1 Å². The number of nitrogens with one attached hydrogen (secondary N) is 1. The Labute approximate surface area is 127 Å². The lowest BCUT2D eigenvalue weighted by Crippen LogP contribution is -2.43. The van der Waals surface area contributed by atoms with E-state index in [0.717, 1.165) is 5.96 Å². The van der Waals surface area contributed by atoms with Crippen LogP contribution in [0.4, 0.5) is 0 Å². The van der Waals surface area contributed by atoms with E-state index in [2.05, 4.69) is 45.5 Å². The number of rotatable bonds is 2. The number of nitrogens with zero attached hydrogens (tertiary/aromatic N) is 2. The maximum Gasteiger partial charge on any atom is 0.193 e. The quantitative estimate of drug-likeness (QED) is 0.667. The van der Waals surface area contributed by atoms with Gasteiger partial charge in [0.25, 0.3) is 0 Å². The molecule has 4 rings (SSSR count). The molecule has 3 fully saturated rings. The van der Waals surface area contributed by atoms with Crippen LogP contribution in [0.2, 0.25) is 0 Å². The van der Waals surface area contributed by atoms with Crippen molar-refractivity contribution in [3.05, 3.63) is 35.9 Å². The molecule has 1 N–H and O–H groups in total. The van der Waals surface area contributed by atoms with Gasteiger partial charge in [-0.1, -0.05) is 36.8 Å². The second-order valence-corrected chi connectivity index (χ2v) is 7.08. The summed E-state index contributed by atoms with van der Waals surface area (Å²) >= 11 is 0. The van der Waals surface area contributed by atoms with Gasteiger partial charge in [-0.15, -0.1) is 0 Å². The molecule has 3 aliphatic rings. The third-order valence-electron chi connectivity index (χ3n) is 5.70. The number of aliphatic imine (C=N–C) groups is 1. The second kappa shape index (κ2) is 5.04. The molecule has 3 nitrogen and oxygen atoms in total. The summed E-state index contributed by atoms with van der Waals surface area (Å²) in [6.07, 6.45) is 6.88. The van der Waals surface area contributed by atoms with Gasteiger partial charge in [-0.3, -0.25) is 4.99 Å². The van der Waals surface area contributed by atoms with Gasteiger partial charge in [0.05, 0.1) is 0 Å². The Hall–Kier alpha value is -1.51. The molecule has 21 heavy (non-hydrogen) atoms. The van der Waals surface area contributed by atoms with Gasteiger partial charge in [-0.25, -0.2) is 0 Å². The molecule has 2 aliphatic carbocycles. The average molecular weight is 283 g/mol. The van der Waals surface area contributed by atoms with Crippen molar-refractivity contribution in [3.8, 4) is 0 Å². The minimum absolute atomic E-state index is 0.573. The van der Waals surface area contributed by atoms with Crippen LogP contribution in [-0.2, 0) is 0 Å². The highest BCUT2D eigenvalue weighted by Crippen LogP contribution is 2.48. The molecule has 2 saturated carbocycles. The molecule has 0 amide bonds. The van der Waals surface area contributed by atoms with Crippen LogP contribution < -0.4 is 5.32 Å². The first-order valence-corrected chi connectivity index (χ1v) is 8.33. The summed E-state index contributed by atoms with van der Waals surface area (Å²) in [6.45, 7) is 2.40. The molecule has 0 radical (unpaired) electrons. The molecule has 0 aromatic heterocycles. The van der Waals surface area contributed by atoms with Gasteiger partial charge >= 0.3 is 0 Å². The van der Waals surface area contributed by atoms with Crippen molar-refractivity contribution >= 4 is 5.96 Å². The van der Waals surface area contributed by atoms with E-state index in [1.54, 1.807) is 0 Å². The zero-order valence-electron chi connectivity index (χ0n) is 12.9. The van der Waals surface area contributed by atoms with Crippen molar-refractivity contribution in [1.82, 2.24) is 10.2 Å². The largest absolute Gasteiger partial charge is 0.353 e. The van der Waals surface area contributed by atoms with Crippen LogP contribution in [0.5, 0.6) is 0 Å². The van der Waals surface area contributed by atoms with E-state index in [1.807, 2.05) is 7.05 Å². The topological polar surface area (TPSA) is 27.6 Å². The lowest BCUT2D eigenvalue weighted by molar-refractivity contribution is 0.151. The zero-order valence-corrected chi connectivity index (χ0v) is 12.9. The van der Waals surface area contributed by atoms with Crippen molar-refractivity contribution in [2.24, 2.45) is 10.4 Å². The third kappa shape index (κ3) is 2.43. The normalized spacial score (nSPS) is 30.3. The van der Waals surface area contributed by atoms with E-state index in [-0.39, 0.29) is 0 Å². The molecule has 1 saturated heterocycles. The molecule has 1 aromatic carbocycles. The Morgan fingerprint density at radius 2 is 2.05 bits per heavy atom. The maximum absolute atomic E-state index is 4.53. The van der Waals surface area contributed by atoms with E-state index >= 15 is 0 Å². The number of hydrogen-bond acceptors (Lipinski definition) is 1. The molecular weight excluding hydrogens is 258 g/mol. The van der Waals surface area contributed by atoms with Crippen LogP contribution in [0, 0.1) is 5.41 Å². The maximum atomic E-state index is 4.53. The highest BCUT2D eigenvalue weighted by atomic mass is 15.3. The van der Waals surface area contributed by atoms with Crippen molar-refractivity contribution in [1.29, 1.82) is 0 Å². The molecule has 0 bridgehead atoms. The summed E-state index contributed by atoms with van der Waals surface area (Å²) in [6, 6.07) is 11.4. The fraction of sp³-hybridized carbons (Fsp3) is 0.611. The summed E-state index contributed by atoms with van der Waals surface area (Å²) in [5, 5.41) is 3.69. The van der Waals surface area contributed by atoms with Gasteiger partial charge in [-0.2, -0.15) is 0 Å². The molecule has 1 spiro atoms. The first-order valence-electron chi connectivity index (χ1n) is 8.33. The first kappa shape index (κ1) is 13.2. The number of likely N-dealkylation sites (tertiary alicyclic amines) is 1. The van der Waals surface area contributed by atoms with Gasteiger partial charge in [0.2, 0.25) is 0 Å². The summed E-state index contributed by atoms with van der Waals surface area (Å²) < 4.78 is 0. The Balaban J connectivity index is 1.36. The minimum atomic E-state index is 0.573. The van der Waals surface area contributed by atoms with Crippen LogP contribution in [-0.4, -0.2) is 37.0 Å². The highest BCUT2D eigenvalue weighted by Gasteiger charge is 2.45. The average Bonchev–Trinajstić information content (AvgIpc) is 3.11. The smallest absolute Gasteiger partial charge is 0.193 e. The molecule has 1 aromatic rings. The molecule has 112 valence electrons. The van der Waals surface area contributed by atoms with Crippen LogP contribution >= 0.6 is 0 Å². The molecule has 3 heteroatoms. The third-order valence-corrected chi connectivity index (χ3v) is 5.70. The summed E-state index contributed by atoms with van der Waals surface area (Å²) in [7, 11) is 1.92. The van der Waals surface area contributed by atoms with Gasteiger partial charge < -0.3 is 10.2 Å². The van der Waals surface area contributed by atoms with Crippen molar-refractivity contribution < 1.29 is 0 Å². The van der Waals surface area contributed by atoms with Gasteiger partial charge in [0.15, 0.2) is 5.96 Å². The number of benzene rings is 1. The first-order chi connectivity index (χ1) is 10.3. The predicted octanol–water partition coefficient (Wildman–Crippen LogP) is 2.99. The van der Waals surface area contributed by atoms with Crippen molar-refractivity contribution in [3.63, 3.8) is 0 Å². The van der Waals surface area contributed by atoms with Gasteiger partial charge in [-0.05, 0) is 36.7 Å². The summed E-state index contributed by atoms with van der Waals surface area (Å²) in [5.41, 5.74) is 2.10. The zero-order chi connectivity index (χ0) is 14.3. The van der Waals surface area contributed by atoms with E-state index < -0.39 is 0 Å².